The van der Waals surface area contributed by atoms with Gasteiger partial charge in [-0.15, -0.1) is 12.4 Å². The van der Waals surface area contributed by atoms with Gasteiger partial charge in [-0.2, -0.15) is 5.26 Å². The molecule has 1 aliphatic heterocycles. The number of fused-ring (bicyclic) bond motifs is 1. The molecule has 8 nitrogen and oxygen atoms in total. The van der Waals surface area contributed by atoms with E-state index in [-0.39, 0.29) is 42.2 Å². The molecule has 3 heterocycles. The maximum Gasteiger partial charge on any atom is 0.270 e. The molecule has 0 bridgehead atoms. The molecular formula is C21H27ClN6O2. The Morgan fingerprint density at radius 3 is 2.77 bits per heavy atom. The van der Waals surface area contributed by atoms with Crippen LogP contribution in [0.2, 0.25) is 0 Å². The summed E-state index contributed by atoms with van der Waals surface area (Å²) in [6.07, 6.45) is 8.26. The van der Waals surface area contributed by atoms with Gasteiger partial charge in [0.25, 0.3) is 5.91 Å². The van der Waals surface area contributed by atoms with Crippen LogP contribution in [0.4, 0.5) is 0 Å². The van der Waals surface area contributed by atoms with Crippen molar-refractivity contribution in [1.82, 2.24) is 19.6 Å². The van der Waals surface area contributed by atoms with Gasteiger partial charge in [0.2, 0.25) is 5.91 Å². The third kappa shape index (κ3) is 4.42. The first-order valence-electron chi connectivity index (χ1n) is 10.3. The Labute approximate surface area is 181 Å². The van der Waals surface area contributed by atoms with Crippen LogP contribution in [0.3, 0.4) is 0 Å². The zero-order valence-electron chi connectivity index (χ0n) is 16.7. The van der Waals surface area contributed by atoms with E-state index in [1.54, 1.807) is 17.3 Å². The monoisotopic (exact) mass is 430 g/mol. The van der Waals surface area contributed by atoms with Gasteiger partial charge in [0.05, 0.1) is 18.4 Å². The van der Waals surface area contributed by atoms with Crippen LogP contribution in [0.5, 0.6) is 0 Å². The Bertz CT molecular complexity index is 946. The molecule has 0 radical (unpaired) electrons. The van der Waals surface area contributed by atoms with E-state index < -0.39 is 6.04 Å². The molecule has 2 aliphatic rings. The highest BCUT2D eigenvalue weighted by molar-refractivity contribution is 5.93. The summed E-state index contributed by atoms with van der Waals surface area (Å²) < 4.78 is 1.86. The van der Waals surface area contributed by atoms with E-state index >= 15 is 0 Å². The fraction of sp³-hybridized carbons (Fsp3) is 0.524. The third-order valence-electron chi connectivity index (χ3n) is 6.24. The fourth-order valence-corrected chi connectivity index (χ4v) is 4.50. The molecule has 3 N–H and O–H groups in total. The van der Waals surface area contributed by atoms with Crippen LogP contribution in [0.15, 0.2) is 30.7 Å². The van der Waals surface area contributed by atoms with Gasteiger partial charge < -0.3 is 20.4 Å². The summed E-state index contributed by atoms with van der Waals surface area (Å²) in [7, 11) is 0. The van der Waals surface area contributed by atoms with Crippen molar-refractivity contribution < 1.29 is 9.59 Å². The summed E-state index contributed by atoms with van der Waals surface area (Å²) in [6, 6.07) is 6.97. The minimum absolute atomic E-state index is 0. The van der Waals surface area contributed by atoms with E-state index in [4.69, 9.17) is 5.73 Å². The molecule has 0 aromatic carbocycles. The molecule has 1 saturated heterocycles. The van der Waals surface area contributed by atoms with Crippen LogP contribution >= 0.6 is 12.4 Å². The Morgan fingerprint density at radius 2 is 2.03 bits per heavy atom. The van der Waals surface area contributed by atoms with Crippen LogP contribution in [0.25, 0.3) is 5.52 Å². The number of hydrogen-bond acceptors (Lipinski definition) is 5. The highest BCUT2D eigenvalue weighted by Gasteiger charge is 2.36. The van der Waals surface area contributed by atoms with Crippen molar-refractivity contribution in [2.75, 3.05) is 6.54 Å². The number of nitrogens with two attached hydrogens (primary N) is 1. The topological polar surface area (TPSA) is 117 Å². The minimum atomic E-state index is -0.570. The molecule has 2 aromatic rings. The van der Waals surface area contributed by atoms with Crippen LogP contribution in [0, 0.1) is 17.2 Å². The Hall–Kier alpha value is -2.63. The smallest absolute Gasteiger partial charge is 0.270 e. The van der Waals surface area contributed by atoms with Crippen molar-refractivity contribution in [2.24, 2.45) is 11.7 Å². The second-order valence-corrected chi connectivity index (χ2v) is 8.04. The number of amides is 2. The fourth-order valence-electron chi connectivity index (χ4n) is 4.50. The minimum Gasteiger partial charge on any atom is -0.348 e. The Balaban J connectivity index is 0.00000256. The first kappa shape index (κ1) is 22.1. The Kier molecular flexibility index (Phi) is 6.95. The van der Waals surface area contributed by atoms with Crippen molar-refractivity contribution in [3.63, 3.8) is 0 Å². The molecule has 2 fully saturated rings. The predicted molar refractivity (Wildman–Crippen MR) is 114 cm³/mol. The number of carbonyl (C=O) groups is 2. The number of nitriles is 1. The molecule has 30 heavy (non-hydrogen) atoms. The molecular weight excluding hydrogens is 404 g/mol. The molecule has 2 atom stereocenters. The summed E-state index contributed by atoms with van der Waals surface area (Å²) in [5, 5.41) is 12.3. The molecule has 0 unspecified atom stereocenters. The van der Waals surface area contributed by atoms with Crippen molar-refractivity contribution in [3.05, 3.63) is 36.4 Å². The summed E-state index contributed by atoms with van der Waals surface area (Å²) in [6.45, 7) is 0.620. The van der Waals surface area contributed by atoms with Gasteiger partial charge in [-0.3, -0.25) is 9.59 Å². The summed E-state index contributed by atoms with van der Waals surface area (Å²) in [5.74, 6) is -0.191. The maximum absolute atomic E-state index is 12.7. The molecule has 2 amide bonds. The SMILES string of the molecule is Cl.N#C[C@@H]1CCCN1C(=O)[C@@H](N)C1CCC(NC(=O)c2cc3cccn3cn2)CC1. The van der Waals surface area contributed by atoms with E-state index in [2.05, 4.69) is 16.4 Å². The molecule has 4 rings (SSSR count). The van der Waals surface area contributed by atoms with Gasteiger partial charge in [-0.25, -0.2) is 4.98 Å². The lowest BCUT2D eigenvalue weighted by Gasteiger charge is -2.34. The van der Waals surface area contributed by atoms with Gasteiger partial charge in [-0.1, -0.05) is 0 Å². The van der Waals surface area contributed by atoms with E-state index in [0.29, 0.717) is 12.2 Å². The maximum atomic E-state index is 12.7. The number of halogens is 1. The van der Waals surface area contributed by atoms with Gasteiger partial charge >= 0.3 is 0 Å². The number of likely N-dealkylation sites (tertiary alicyclic amines) is 1. The summed E-state index contributed by atoms with van der Waals surface area (Å²) >= 11 is 0. The van der Waals surface area contributed by atoms with E-state index in [1.165, 1.54) is 0 Å². The molecule has 1 saturated carbocycles. The van der Waals surface area contributed by atoms with Crippen LogP contribution in [0.1, 0.15) is 49.0 Å². The normalized spacial score (nSPS) is 24.7. The Morgan fingerprint density at radius 1 is 1.27 bits per heavy atom. The van der Waals surface area contributed by atoms with Crippen molar-refractivity contribution in [1.29, 1.82) is 5.26 Å². The third-order valence-corrected chi connectivity index (χ3v) is 6.24. The van der Waals surface area contributed by atoms with Gasteiger partial charge in [0, 0.05) is 24.3 Å². The first-order valence-corrected chi connectivity index (χ1v) is 10.3. The van der Waals surface area contributed by atoms with Crippen molar-refractivity contribution in [2.45, 2.75) is 56.7 Å². The quantitative estimate of drug-likeness (QED) is 0.768. The lowest BCUT2D eigenvalue weighted by atomic mass is 9.81. The van der Waals surface area contributed by atoms with Crippen LogP contribution in [-0.2, 0) is 4.79 Å². The van der Waals surface area contributed by atoms with E-state index in [9.17, 15) is 14.9 Å². The zero-order chi connectivity index (χ0) is 20.4. The van der Waals surface area contributed by atoms with Crippen LogP contribution in [-0.4, -0.2) is 50.8 Å². The summed E-state index contributed by atoms with van der Waals surface area (Å²) in [4.78, 5) is 31.1. The molecule has 0 spiro atoms. The molecule has 1 aliphatic carbocycles. The van der Waals surface area contributed by atoms with Crippen LogP contribution < -0.4 is 11.1 Å². The number of hydrogen-bond donors (Lipinski definition) is 2. The lowest BCUT2D eigenvalue weighted by Crippen LogP contribution is -2.50. The van der Waals surface area contributed by atoms with Gasteiger partial charge in [-0.05, 0) is 62.6 Å². The zero-order valence-corrected chi connectivity index (χ0v) is 17.6. The number of rotatable bonds is 4. The van der Waals surface area contributed by atoms with E-state index in [1.807, 2.05) is 22.7 Å². The number of aromatic nitrogens is 2. The molecule has 2 aromatic heterocycles. The summed E-state index contributed by atoms with van der Waals surface area (Å²) in [5.41, 5.74) is 7.60. The highest BCUT2D eigenvalue weighted by Crippen LogP contribution is 2.28. The lowest BCUT2D eigenvalue weighted by molar-refractivity contribution is -0.134. The average Bonchev–Trinajstić information content (AvgIpc) is 3.41. The first-order chi connectivity index (χ1) is 14.1. The average molecular weight is 431 g/mol. The standard InChI is InChI=1S/C21H26N6O2.ClH/c22-12-17-4-2-10-27(17)21(29)19(23)14-5-7-15(8-6-14)25-20(28)18-11-16-3-1-9-26(16)13-24-18;/h1,3,9,11,13-15,17,19H,2,4-8,10,23H2,(H,25,28);1H/t14?,15?,17-,19-;/m0./s1. The second kappa shape index (κ2) is 9.45. The number of carbonyl (C=O) groups excluding carboxylic acids is 2. The highest BCUT2D eigenvalue weighted by atomic mass is 35.5. The van der Waals surface area contributed by atoms with Crippen molar-refractivity contribution >= 4 is 29.7 Å². The van der Waals surface area contributed by atoms with Crippen molar-refractivity contribution in [3.8, 4) is 6.07 Å². The molecule has 160 valence electrons. The number of nitrogens with one attached hydrogen (secondary N) is 1. The molecule has 9 heteroatoms. The largest absolute Gasteiger partial charge is 0.348 e. The number of nitrogens with zero attached hydrogens (tertiary/aromatic N) is 4. The predicted octanol–water partition coefficient (Wildman–Crippen LogP) is 1.89. The van der Waals surface area contributed by atoms with Gasteiger partial charge in [0.1, 0.15) is 11.7 Å². The van der Waals surface area contributed by atoms with Gasteiger partial charge in [0.15, 0.2) is 0 Å². The van der Waals surface area contributed by atoms with E-state index in [0.717, 1.165) is 44.0 Å². The second-order valence-electron chi connectivity index (χ2n) is 8.04.